The summed E-state index contributed by atoms with van der Waals surface area (Å²) in [7, 11) is 0. The van der Waals surface area contributed by atoms with E-state index in [1.54, 1.807) is 6.92 Å². The molecule has 0 radical (unpaired) electrons. The summed E-state index contributed by atoms with van der Waals surface area (Å²) in [4.78, 5) is 10.8. The maximum atomic E-state index is 10.8. The predicted molar refractivity (Wildman–Crippen MR) is 44.0 cm³/mol. The van der Waals surface area contributed by atoms with Gasteiger partial charge in [-0.25, -0.2) is 0 Å². The molecule has 58 valence electrons. The lowest BCUT2D eigenvalue weighted by Crippen LogP contribution is -1.95. The first-order chi connectivity index (χ1) is 4.59. The summed E-state index contributed by atoms with van der Waals surface area (Å²) in [6, 6.07) is 0. The van der Waals surface area contributed by atoms with Crippen LogP contribution in [0, 0.1) is 0 Å². The molecule has 0 saturated carbocycles. The van der Waals surface area contributed by atoms with Crippen LogP contribution in [-0.4, -0.2) is 5.78 Å². The SMILES string of the molecule is CCC/C(C)=C(\C)C(C)=O. The van der Waals surface area contributed by atoms with E-state index in [1.165, 1.54) is 5.57 Å². The van der Waals surface area contributed by atoms with E-state index in [-0.39, 0.29) is 5.78 Å². The first-order valence-corrected chi connectivity index (χ1v) is 3.76. The molecular weight excluding hydrogens is 124 g/mol. The molecular formula is C9H16O. The molecule has 0 aliphatic heterocycles. The lowest BCUT2D eigenvalue weighted by molar-refractivity contribution is -0.113. The van der Waals surface area contributed by atoms with Gasteiger partial charge in [0, 0.05) is 0 Å². The molecule has 1 heteroatoms. The highest BCUT2D eigenvalue weighted by Crippen LogP contribution is 2.09. The zero-order valence-corrected chi connectivity index (χ0v) is 7.32. The van der Waals surface area contributed by atoms with Crippen LogP contribution in [0.2, 0.25) is 0 Å². The van der Waals surface area contributed by atoms with Crippen LogP contribution in [-0.2, 0) is 4.79 Å². The van der Waals surface area contributed by atoms with Gasteiger partial charge < -0.3 is 0 Å². The summed E-state index contributed by atoms with van der Waals surface area (Å²) < 4.78 is 0. The molecule has 0 spiro atoms. The Balaban J connectivity index is 4.19. The van der Waals surface area contributed by atoms with Crippen molar-refractivity contribution in [3.8, 4) is 0 Å². The minimum Gasteiger partial charge on any atom is -0.295 e. The number of allylic oxidation sites excluding steroid dienone is 2. The molecule has 0 heterocycles. The zero-order chi connectivity index (χ0) is 8.15. The van der Waals surface area contributed by atoms with Crippen LogP contribution in [0.5, 0.6) is 0 Å². The summed E-state index contributed by atoms with van der Waals surface area (Å²) in [5.41, 5.74) is 2.16. The number of rotatable bonds is 3. The van der Waals surface area contributed by atoms with Gasteiger partial charge in [-0.05, 0) is 32.8 Å². The summed E-state index contributed by atoms with van der Waals surface area (Å²) in [6.45, 7) is 7.67. The number of carbonyl (C=O) groups is 1. The molecule has 0 N–H and O–H groups in total. The molecule has 0 atom stereocenters. The lowest BCUT2D eigenvalue weighted by Gasteiger charge is -2.01. The molecule has 0 saturated heterocycles. The van der Waals surface area contributed by atoms with Crippen LogP contribution in [0.25, 0.3) is 0 Å². The van der Waals surface area contributed by atoms with Gasteiger partial charge in [0.05, 0.1) is 0 Å². The molecule has 10 heavy (non-hydrogen) atoms. The molecule has 0 aromatic carbocycles. The Morgan fingerprint density at radius 3 is 2.00 bits per heavy atom. The van der Waals surface area contributed by atoms with E-state index in [9.17, 15) is 4.79 Å². The fourth-order valence-electron chi connectivity index (χ4n) is 0.863. The van der Waals surface area contributed by atoms with Crippen LogP contribution in [0.3, 0.4) is 0 Å². The largest absolute Gasteiger partial charge is 0.295 e. The normalized spacial score (nSPS) is 12.8. The Bertz CT molecular complexity index is 154. The van der Waals surface area contributed by atoms with Gasteiger partial charge in [0.25, 0.3) is 0 Å². The van der Waals surface area contributed by atoms with Gasteiger partial charge in [-0.3, -0.25) is 4.79 Å². The van der Waals surface area contributed by atoms with Gasteiger partial charge in [0.15, 0.2) is 5.78 Å². The topological polar surface area (TPSA) is 17.1 Å². The molecule has 0 amide bonds. The third-order valence-electron chi connectivity index (χ3n) is 1.79. The minimum atomic E-state index is 0.200. The maximum absolute atomic E-state index is 10.8. The molecule has 0 aliphatic carbocycles. The van der Waals surface area contributed by atoms with Gasteiger partial charge in [-0.2, -0.15) is 0 Å². The second-order valence-electron chi connectivity index (χ2n) is 2.71. The highest BCUT2D eigenvalue weighted by Gasteiger charge is 1.99. The van der Waals surface area contributed by atoms with Crippen LogP contribution in [0.1, 0.15) is 40.5 Å². The fraction of sp³-hybridized carbons (Fsp3) is 0.667. The number of Topliss-reactive ketones (excluding diaryl/α,β-unsaturated/α-hetero) is 1. The second-order valence-corrected chi connectivity index (χ2v) is 2.71. The molecule has 0 unspecified atom stereocenters. The first kappa shape index (κ1) is 9.41. The van der Waals surface area contributed by atoms with Gasteiger partial charge >= 0.3 is 0 Å². The third-order valence-corrected chi connectivity index (χ3v) is 1.79. The minimum absolute atomic E-state index is 0.200. The molecule has 1 nitrogen and oxygen atoms in total. The zero-order valence-electron chi connectivity index (χ0n) is 7.32. The first-order valence-electron chi connectivity index (χ1n) is 3.76. The Morgan fingerprint density at radius 1 is 1.20 bits per heavy atom. The summed E-state index contributed by atoms with van der Waals surface area (Å²) in [5.74, 6) is 0.200. The predicted octanol–water partition coefficient (Wildman–Crippen LogP) is 2.71. The average molecular weight is 140 g/mol. The molecule has 0 aromatic heterocycles. The Morgan fingerprint density at radius 2 is 1.70 bits per heavy atom. The van der Waals surface area contributed by atoms with Crippen molar-refractivity contribution in [2.24, 2.45) is 0 Å². The molecule has 0 rings (SSSR count). The van der Waals surface area contributed by atoms with Crippen molar-refractivity contribution in [1.82, 2.24) is 0 Å². The van der Waals surface area contributed by atoms with Crippen molar-refractivity contribution in [1.29, 1.82) is 0 Å². The smallest absolute Gasteiger partial charge is 0.155 e. The maximum Gasteiger partial charge on any atom is 0.155 e. The number of hydrogen-bond donors (Lipinski definition) is 0. The number of carbonyl (C=O) groups excluding carboxylic acids is 1. The van der Waals surface area contributed by atoms with E-state index in [1.807, 2.05) is 13.8 Å². The third kappa shape index (κ3) is 2.81. The van der Waals surface area contributed by atoms with Crippen LogP contribution in [0.4, 0.5) is 0 Å². The van der Waals surface area contributed by atoms with Crippen molar-refractivity contribution in [2.75, 3.05) is 0 Å². The van der Waals surface area contributed by atoms with Crippen molar-refractivity contribution < 1.29 is 4.79 Å². The van der Waals surface area contributed by atoms with Crippen LogP contribution < -0.4 is 0 Å². The summed E-state index contributed by atoms with van der Waals surface area (Å²) >= 11 is 0. The monoisotopic (exact) mass is 140 g/mol. The van der Waals surface area contributed by atoms with Crippen molar-refractivity contribution in [3.63, 3.8) is 0 Å². The molecule has 0 fully saturated rings. The van der Waals surface area contributed by atoms with E-state index in [4.69, 9.17) is 0 Å². The lowest BCUT2D eigenvalue weighted by atomic mass is 10.0. The van der Waals surface area contributed by atoms with Gasteiger partial charge in [-0.15, -0.1) is 0 Å². The van der Waals surface area contributed by atoms with E-state index >= 15 is 0 Å². The van der Waals surface area contributed by atoms with E-state index in [0.717, 1.165) is 18.4 Å². The second kappa shape index (κ2) is 4.26. The molecule has 0 aliphatic rings. The highest BCUT2D eigenvalue weighted by molar-refractivity contribution is 5.93. The summed E-state index contributed by atoms with van der Waals surface area (Å²) in [5, 5.41) is 0. The Kier molecular flexibility index (Phi) is 4.01. The fourth-order valence-corrected chi connectivity index (χ4v) is 0.863. The number of ketones is 1. The Hall–Kier alpha value is -0.590. The highest BCUT2D eigenvalue weighted by atomic mass is 16.1. The van der Waals surface area contributed by atoms with Crippen LogP contribution in [0.15, 0.2) is 11.1 Å². The van der Waals surface area contributed by atoms with E-state index in [2.05, 4.69) is 6.92 Å². The number of hydrogen-bond acceptors (Lipinski definition) is 1. The van der Waals surface area contributed by atoms with Crippen LogP contribution >= 0.6 is 0 Å². The quantitative estimate of drug-likeness (QED) is 0.551. The molecule has 0 bridgehead atoms. The van der Waals surface area contributed by atoms with Gasteiger partial charge in [-0.1, -0.05) is 18.9 Å². The van der Waals surface area contributed by atoms with Crippen molar-refractivity contribution in [3.05, 3.63) is 11.1 Å². The van der Waals surface area contributed by atoms with Crippen molar-refractivity contribution in [2.45, 2.75) is 40.5 Å². The van der Waals surface area contributed by atoms with Gasteiger partial charge in [0.1, 0.15) is 0 Å². The van der Waals surface area contributed by atoms with E-state index < -0.39 is 0 Å². The standard InChI is InChI=1S/C9H16O/c1-5-6-7(2)8(3)9(4)10/h5-6H2,1-4H3/b8-7+. The Labute approximate surface area is 63.1 Å². The van der Waals surface area contributed by atoms with Crippen molar-refractivity contribution >= 4 is 5.78 Å². The average Bonchev–Trinajstić information content (AvgIpc) is 1.87. The summed E-state index contributed by atoms with van der Waals surface area (Å²) in [6.07, 6.45) is 2.17. The van der Waals surface area contributed by atoms with E-state index in [0.29, 0.717) is 0 Å². The molecule has 0 aromatic rings. The van der Waals surface area contributed by atoms with Gasteiger partial charge in [0.2, 0.25) is 0 Å².